The van der Waals surface area contributed by atoms with Gasteiger partial charge < -0.3 is 4.57 Å². The Morgan fingerprint density at radius 3 is 2.76 bits per heavy atom. The summed E-state index contributed by atoms with van der Waals surface area (Å²) in [6.45, 7) is 0. The van der Waals surface area contributed by atoms with Crippen LogP contribution in [-0.4, -0.2) is 10.4 Å². The number of aryl methyl sites for hydroxylation is 1. The van der Waals surface area contributed by atoms with Gasteiger partial charge in [0.1, 0.15) is 5.82 Å². The van der Waals surface area contributed by atoms with Gasteiger partial charge in [-0.2, -0.15) is 0 Å². The number of carbonyl (C=O) groups is 1. The zero-order valence-electron chi connectivity index (χ0n) is 11.0. The van der Waals surface area contributed by atoms with Crippen LogP contribution in [0.25, 0.3) is 10.9 Å². The summed E-state index contributed by atoms with van der Waals surface area (Å²) in [6.07, 6.45) is 1.70. The summed E-state index contributed by atoms with van der Waals surface area (Å²) in [5.41, 5.74) is 1.34. The van der Waals surface area contributed by atoms with Gasteiger partial charge in [0.15, 0.2) is 5.78 Å². The van der Waals surface area contributed by atoms with E-state index in [9.17, 15) is 9.18 Å². The molecule has 0 atom stereocenters. The summed E-state index contributed by atoms with van der Waals surface area (Å²) in [5, 5.41) is 1.35. The van der Waals surface area contributed by atoms with Crippen molar-refractivity contribution in [3.63, 3.8) is 0 Å². The van der Waals surface area contributed by atoms with Crippen LogP contribution in [-0.2, 0) is 7.05 Å². The number of ketones is 1. The van der Waals surface area contributed by atoms with Crippen LogP contribution in [0.3, 0.4) is 0 Å². The molecule has 0 N–H and O–H groups in total. The normalized spacial score (nSPS) is 11.0. The number of nitrogens with zero attached hydrogens (tertiary/aromatic N) is 1. The number of aromatic nitrogens is 1. The molecule has 0 radical (unpaired) electrons. The fourth-order valence-electron chi connectivity index (χ4n) is 2.36. The Hall–Kier alpha value is -1.65. The lowest BCUT2D eigenvalue weighted by molar-refractivity contribution is 0.103. The molecule has 106 valence electrons. The van der Waals surface area contributed by atoms with E-state index in [0.717, 1.165) is 10.9 Å². The van der Waals surface area contributed by atoms with E-state index < -0.39 is 5.82 Å². The van der Waals surface area contributed by atoms with E-state index in [-0.39, 0.29) is 15.8 Å². The van der Waals surface area contributed by atoms with Crippen molar-refractivity contribution in [3.8, 4) is 0 Å². The fourth-order valence-corrected chi connectivity index (χ4v) is 2.89. The summed E-state index contributed by atoms with van der Waals surface area (Å²) in [5.74, 6) is -0.893. The van der Waals surface area contributed by atoms with Gasteiger partial charge >= 0.3 is 0 Å². The molecule has 0 bridgehead atoms. The Balaban J connectivity index is 2.21. The van der Waals surface area contributed by atoms with Crippen LogP contribution in [0.5, 0.6) is 0 Å². The molecule has 2 nitrogen and oxygen atoms in total. The molecule has 21 heavy (non-hydrogen) atoms. The molecule has 1 aromatic heterocycles. The predicted molar refractivity (Wildman–Crippen MR) is 85.5 cm³/mol. The monoisotopic (exact) mass is 365 g/mol. The summed E-state index contributed by atoms with van der Waals surface area (Å²) in [4.78, 5) is 12.6. The molecule has 0 aliphatic heterocycles. The third-order valence-electron chi connectivity index (χ3n) is 3.39. The van der Waals surface area contributed by atoms with Crippen molar-refractivity contribution >= 4 is 44.2 Å². The molecule has 0 spiro atoms. The smallest absolute Gasteiger partial charge is 0.198 e. The van der Waals surface area contributed by atoms with E-state index in [1.807, 2.05) is 11.6 Å². The summed E-state index contributed by atoms with van der Waals surface area (Å²) in [6, 6.07) is 9.97. The molecule has 0 saturated carbocycles. The maximum Gasteiger partial charge on any atom is 0.198 e. The van der Waals surface area contributed by atoms with E-state index >= 15 is 0 Å². The first-order valence-corrected chi connectivity index (χ1v) is 7.39. The first kappa shape index (κ1) is 14.3. The number of rotatable bonds is 2. The molecule has 0 amide bonds. The molecule has 0 aliphatic rings. The highest BCUT2D eigenvalue weighted by atomic mass is 79.9. The van der Waals surface area contributed by atoms with Crippen molar-refractivity contribution in [2.45, 2.75) is 0 Å². The third-order valence-corrected chi connectivity index (χ3v) is 4.24. The van der Waals surface area contributed by atoms with Crippen LogP contribution in [0.15, 0.2) is 47.1 Å². The third kappa shape index (κ3) is 2.39. The number of hydrogen-bond donors (Lipinski definition) is 0. The van der Waals surface area contributed by atoms with Gasteiger partial charge in [0.25, 0.3) is 0 Å². The average molecular weight is 367 g/mol. The Morgan fingerprint density at radius 1 is 1.24 bits per heavy atom. The van der Waals surface area contributed by atoms with Gasteiger partial charge in [0.05, 0.1) is 10.0 Å². The van der Waals surface area contributed by atoms with E-state index in [4.69, 9.17) is 11.6 Å². The lowest BCUT2D eigenvalue weighted by Gasteiger charge is -2.03. The van der Waals surface area contributed by atoms with E-state index in [1.165, 1.54) is 6.07 Å². The van der Waals surface area contributed by atoms with Crippen molar-refractivity contribution in [1.82, 2.24) is 4.57 Å². The van der Waals surface area contributed by atoms with Crippen LogP contribution in [0.1, 0.15) is 15.9 Å². The summed E-state index contributed by atoms with van der Waals surface area (Å²) < 4.78 is 16.2. The summed E-state index contributed by atoms with van der Waals surface area (Å²) >= 11 is 9.08. The molecule has 2 aromatic carbocycles. The average Bonchev–Trinajstić information content (AvgIpc) is 2.78. The number of halogens is 3. The number of carbonyl (C=O) groups excluding carboxylic acids is 1. The van der Waals surface area contributed by atoms with E-state index in [2.05, 4.69) is 15.9 Å². The highest BCUT2D eigenvalue weighted by molar-refractivity contribution is 9.10. The first-order chi connectivity index (χ1) is 9.99. The maximum atomic E-state index is 14.1. The standard InChI is InChI=1S/C16H10BrClFNO/c1-20-8-12(10-6-5-9(18)7-14(10)20)16(21)11-3-2-4-13(17)15(11)19/h2-8H,1H3. The molecule has 0 fully saturated rings. The Morgan fingerprint density at radius 2 is 2.00 bits per heavy atom. The molecule has 0 aliphatic carbocycles. The minimum absolute atomic E-state index is 0.0480. The first-order valence-electron chi connectivity index (χ1n) is 6.22. The second kappa shape index (κ2) is 5.28. The molecule has 0 saturated heterocycles. The number of benzene rings is 2. The van der Waals surface area contributed by atoms with Crippen LogP contribution < -0.4 is 0 Å². The maximum absolute atomic E-state index is 14.1. The zero-order chi connectivity index (χ0) is 15.1. The fraction of sp³-hybridized carbons (Fsp3) is 0.0625. The van der Waals surface area contributed by atoms with Crippen molar-refractivity contribution in [2.75, 3.05) is 0 Å². The molecule has 3 rings (SSSR count). The van der Waals surface area contributed by atoms with E-state index in [1.54, 1.807) is 36.5 Å². The van der Waals surface area contributed by atoms with Crippen molar-refractivity contribution < 1.29 is 9.18 Å². The zero-order valence-corrected chi connectivity index (χ0v) is 13.4. The highest BCUT2D eigenvalue weighted by Crippen LogP contribution is 2.28. The molecule has 0 unspecified atom stereocenters. The van der Waals surface area contributed by atoms with Crippen LogP contribution >= 0.6 is 27.5 Å². The van der Waals surface area contributed by atoms with Crippen molar-refractivity contribution in [1.29, 1.82) is 0 Å². The molecule has 5 heteroatoms. The van der Waals surface area contributed by atoms with Gasteiger partial charge in [-0.05, 0) is 40.2 Å². The number of fused-ring (bicyclic) bond motifs is 1. The molecular formula is C16H10BrClFNO. The Bertz CT molecular complexity index is 872. The Kier molecular flexibility index (Phi) is 3.59. The minimum atomic E-state index is -0.548. The summed E-state index contributed by atoms with van der Waals surface area (Å²) in [7, 11) is 1.83. The highest BCUT2D eigenvalue weighted by Gasteiger charge is 2.20. The quantitative estimate of drug-likeness (QED) is 0.587. The van der Waals surface area contributed by atoms with Crippen LogP contribution in [0.4, 0.5) is 4.39 Å². The second-order valence-corrected chi connectivity index (χ2v) is 6.04. The number of hydrogen-bond acceptors (Lipinski definition) is 1. The molecule has 1 heterocycles. The van der Waals surface area contributed by atoms with Crippen LogP contribution in [0, 0.1) is 5.82 Å². The lowest BCUT2D eigenvalue weighted by atomic mass is 10.0. The van der Waals surface area contributed by atoms with Gasteiger partial charge in [-0.15, -0.1) is 0 Å². The van der Waals surface area contributed by atoms with E-state index in [0.29, 0.717) is 10.6 Å². The largest absolute Gasteiger partial charge is 0.350 e. The van der Waals surface area contributed by atoms with Crippen LogP contribution in [0.2, 0.25) is 5.02 Å². The molecule has 3 aromatic rings. The Labute approximate surface area is 134 Å². The van der Waals surface area contributed by atoms with Gasteiger partial charge in [-0.3, -0.25) is 4.79 Å². The second-order valence-electron chi connectivity index (χ2n) is 4.75. The predicted octanol–water partition coefficient (Wildman–Crippen LogP) is 4.96. The topological polar surface area (TPSA) is 22.0 Å². The van der Waals surface area contributed by atoms with Gasteiger partial charge in [-0.25, -0.2) is 4.39 Å². The van der Waals surface area contributed by atoms with Gasteiger partial charge in [0, 0.05) is 34.7 Å². The van der Waals surface area contributed by atoms with Gasteiger partial charge in [-0.1, -0.05) is 23.7 Å². The molecular weight excluding hydrogens is 357 g/mol. The van der Waals surface area contributed by atoms with Crippen molar-refractivity contribution in [3.05, 3.63) is 69.0 Å². The SMILES string of the molecule is Cn1cc(C(=O)c2cccc(Br)c2F)c2ccc(Cl)cc21. The van der Waals surface area contributed by atoms with Crippen molar-refractivity contribution in [2.24, 2.45) is 7.05 Å². The van der Waals surface area contributed by atoms with Gasteiger partial charge in [0.2, 0.25) is 0 Å². The lowest BCUT2D eigenvalue weighted by Crippen LogP contribution is -2.04. The minimum Gasteiger partial charge on any atom is -0.350 e.